The molecule has 0 heterocycles. The fraction of sp³-hybridized carbons (Fsp3) is 0. The number of anilines is 1. The number of para-hydroxylation sites is 1. The number of hydrogen-bond donors (Lipinski definition) is 2. The van der Waals surface area contributed by atoms with E-state index < -0.39 is 11.7 Å². The summed E-state index contributed by atoms with van der Waals surface area (Å²) >= 11 is 9.97. The standard InChI is InChI=1S/C13H9ClFNOS/c14-10-3-1-2-4-12(10)16-13(17)9-7-8(18)5-6-11(9)15/h1-7,18H,(H,16,17). The van der Waals surface area contributed by atoms with Gasteiger partial charge < -0.3 is 5.32 Å². The van der Waals surface area contributed by atoms with Crippen molar-refractivity contribution in [3.05, 3.63) is 58.9 Å². The number of nitrogens with one attached hydrogen (secondary N) is 1. The maximum atomic E-state index is 13.5. The van der Waals surface area contributed by atoms with Gasteiger partial charge in [0.1, 0.15) is 5.82 Å². The van der Waals surface area contributed by atoms with Crippen LogP contribution in [-0.4, -0.2) is 5.91 Å². The molecule has 0 aromatic heterocycles. The van der Waals surface area contributed by atoms with Crippen LogP contribution in [0.5, 0.6) is 0 Å². The molecule has 18 heavy (non-hydrogen) atoms. The van der Waals surface area contributed by atoms with Crippen LogP contribution < -0.4 is 5.32 Å². The Hall–Kier alpha value is -1.52. The summed E-state index contributed by atoms with van der Waals surface area (Å²) < 4.78 is 13.5. The first kappa shape index (κ1) is 12.9. The van der Waals surface area contributed by atoms with Gasteiger partial charge in [-0.3, -0.25) is 4.79 Å². The lowest BCUT2D eigenvalue weighted by atomic mass is 10.2. The smallest absolute Gasteiger partial charge is 0.258 e. The Labute approximate surface area is 114 Å². The highest BCUT2D eigenvalue weighted by Gasteiger charge is 2.13. The molecule has 0 aliphatic carbocycles. The molecule has 1 amide bonds. The zero-order valence-corrected chi connectivity index (χ0v) is 10.8. The first-order valence-electron chi connectivity index (χ1n) is 5.12. The summed E-state index contributed by atoms with van der Waals surface area (Å²) in [4.78, 5) is 12.4. The van der Waals surface area contributed by atoms with E-state index in [1.165, 1.54) is 18.2 Å². The van der Waals surface area contributed by atoms with E-state index in [1.54, 1.807) is 24.3 Å². The average molecular weight is 282 g/mol. The maximum Gasteiger partial charge on any atom is 0.258 e. The van der Waals surface area contributed by atoms with Crippen molar-refractivity contribution >= 4 is 35.8 Å². The molecule has 2 rings (SSSR count). The number of carbonyl (C=O) groups excluding carboxylic acids is 1. The third-order valence-electron chi connectivity index (χ3n) is 2.32. The van der Waals surface area contributed by atoms with Crippen LogP contribution in [0.3, 0.4) is 0 Å². The van der Waals surface area contributed by atoms with E-state index in [2.05, 4.69) is 17.9 Å². The van der Waals surface area contributed by atoms with Crippen molar-refractivity contribution in [1.29, 1.82) is 0 Å². The average Bonchev–Trinajstić information content (AvgIpc) is 2.35. The predicted octanol–water partition coefficient (Wildman–Crippen LogP) is 4.02. The van der Waals surface area contributed by atoms with Crippen LogP contribution in [0, 0.1) is 5.82 Å². The molecule has 2 nitrogen and oxygen atoms in total. The molecule has 0 saturated carbocycles. The fourth-order valence-corrected chi connectivity index (χ4v) is 1.83. The van der Waals surface area contributed by atoms with Gasteiger partial charge in [0.15, 0.2) is 0 Å². The number of carbonyl (C=O) groups is 1. The molecule has 0 unspecified atom stereocenters. The van der Waals surface area contributed by atoms with Crippen molar-refractivity contribution < 1.29 is 9.18 Å². The topological polar surface area (TPSA) is 29.1 Å². The number of hydrogen-bond acceptors (Lipinski definition) is 2. The van der Waals surface area contributed by atoms with Gasteiger partial charge in [-0.1, -0.05) is 23.7 Å². The van der Waals surface area contributed by atoms with Crippen LogP contribution in [0.25, 0.3) is 0 Å². The van der Waals surface area contributed by atoms with Crippen molar-refractivity contribution in [1.82, 2.24) is 0 Å². The number of rotatable bonds is 2. The van der Waals surface area contributed by atoms with Gasteiger partial charge in [-0.15, -0.1) is 12.6 Å². The first-order valence-corrected chi connectivity index (χ1v) is 5.95. The van der Waals surface area contributed by atoms with E-state index >= 15 is 0 Å². The Morgan fingerprint density at radius 3 is 2.67 bits per heavy atom. The largest absolute Gasteiger partial charge is 0.321 e. The molecule has 0 fully saturated rings. The predicted molar refractivity (Wildman–Crippen MR) is 73.1 cm³/mol. The minimum Gasteiger partial charge on any atom is -0.321 e. The Morgan fingerprint density at radius 2 is 1.94 bits per heavy atom. The van der Waals surface area contributed by atoms with E-state index in [-0.39, 0.29) is 5.56 Å². The Bertz CT molecular complexity index is 603. The minimum absolute atomic E-state index is 0.0672. The van der Waals surface area contributed by atoms with Crippen LogP contribution in [0.4, 0.5) is 10.1 Å². The molecule has 2 aromatic rings. The number of thiol groups is 1. The molecule has 2 aromatic carbocycles. The first-order chi connectivity index (χ1) is 8.58. The van der Waals surface area contributed by atoms with E-state index in [0.717, 1.165) is 0 Å². The number of halogens is 2. The summed E-state index contributed by atoms with van der Waals surface area (Å²) in [7, 11) is 0. The lowest BCUT2D eigenvalue weighted by Gasteiger charge is -2.08. The molecule has 0 bridgehead atoms. The highest BCUT2D eigenvalue weighted by atomic mass is 35.5. The monoisotopic (exact) mass is 281 g/mol. The van der Waals surface area contributed by atoms with Gasteiger partial charge in [0.2, 0.25) is 0 Å². The molecule has 0 radical (unpaired) electrons. The van der Waals surface area contributed by atoms with Gasteiger partial charge in [-0.2, -0.15) is 0 Å². The lowest BCUT2D eigenvalue weighted by molar-refractivity contribution is 0.102. The van der Waals surface area contributed by atoms with Crippen molar-refractivity contribution in [2.75, 3.05) is 5.32 Å². The second-order valence-electron chi connectivity index (χ2n) is 3.60. The molecule has 5 heteroatoms. The quantitative estimate of drug-likeness (QED) is 0.800. The van der Waals surface area contributed by atoms with Crippen molar-refractivity contribution in [3.63, 3.8) is 0 Å². The van der Waals surface area contributed by atoms with Crippen LogP contribution in [0.1, 0.15) is 10.4 Å². The van der Waals surface area contributed by atoms with Crippen molar-refractivity contribution in [2.45, 2.75) is 4.90 Å². The normalized spacial score (nSPS) is 10.2. The Kier molecular flexibility index (Phi) is 3.89. The lowest BCUT2D eigenvalue weighted by Crippen LogP contribution is -2.14. The summed E-state index contributed by atoms with van der Waals surface area (Å²) in [5.74, 6) is -1.16. The van der Waals surface area contributed by atoms with Gasteiger partial charge in [0.05, 0.1) is 16.3 Å². The Morgan fingerprint density at radius 1 is 1.22 bits per heavy atom. The molecule has 0 spiro atoms. The molecule has 0 aliphatic rings. The zero-order valence-electron chi connectivity index (χ0n) is 9.15. The minimum atomic E-state index is -0.600. The SMILES string of the molecule is O=C(Nc1ccccc1Cl)c1cc(S)ccc1F. The second kappa shape index (κ2) is 5.42. The summed E-state index contributed by atoms with van der Waals surface area (Å²) in [6.07, 6.45) is 0. The fourth-order valence-electron chi connectivity index (χ4n) is 1.44. The van der Waals surface area contributed by atoms with Crippen LogP contribution in [0.15, 0.2) is 47.4 Å². The summed E-state index contributed by atoms with van der Waals surface area (Å²) in [6.45, 7) is 0. The number of amides is 1. The highest BCUT2D eigenvalue weighted by Crippen LogP contribution is 2.22. The van der Waals surface area contributed by atoms with Crippen LogP contribution >= 0.6 is 24.2 Å². The van der Waals surface area contributed by atoms with E-state index in [1.807, 2.05) is 0 Å². The zero-order chi connectivity index (χ0) is 13.1. The third-order valence-corrected chi connectivity index (χ3v) is 2.92. The van der Waals surface area contributed by atoms with E-state index in [9.17, 15) is 9.18 Å². The molecule has 0 saturated heterocycles. The highest BCUT2D eigenvalue weighted by molar-refractivity contribution is 7.80. The van der Waals surface area contributed by atoms with E-state index in [0.29, 0.717) is 15.6 Å². The number of benzene rings is 2. The molecule has 0 aliphatic heterocycles. The second-order valence-corrected chi connectivity index (χ2v) is 4.52. The summed E-state index contributed by atoms with van der Waals surface area (Å²) in [5.41, 5.74) is 0.371. The van der Waals surface area contributed by atoms with E-state index in [4.69, 9.17) is 11.6 Å². The van der Waals surface area contributed by atoms with Crippen LogP contribution in [-0.2, 0) is 0 Å². The van der Waals surface area contributed by atoms with Crippen molar-refractivity contribution in [2.24, 2.45) is 0 Å². The molecule has 1 N–H and O–H groups in total. The molecular weight excluding hydrogens is 273 g/mol. The van der Waals surface area contributed by atoms with Gasteiger partial charge >= 0.3 is 0 Å². The molecular formula is C13H9ClFNOS. The van der Waals surface area contributed by atoms with Gasteiger partial charge in [0.25, 0.3) is 5.91 Å². The Balaban J connectivity index is 2.28. The molecule has 0 atom stereocenters. The summed E-state index contributed by atoms with van der Waals surface area (Å²) in [6, 6.07) is 10.8. The maximum absolute atomic E-state index is 13.5. The van der Waals surface area contributed by atoms with Gasteiger partial charge in [-0.05, 0) is 30.3 Å². The van der Waals surface area contributed by atoms with Crippen LogP contribution in [0.2, 0.25) is 5.02 Å². The van der Waals surface area contributed by atoms with Gasteiger partial charge in [-0.25, -0.2) is 4.39 Å². The van der Waals surface area contributed by atoms with Gasteiger partial charge in [0, 0.05) is 4.90 Å². The third kappa shape index (κ3) is 2.83. The van der Waals surface area contributed by atoms with Crippen molar-refractivity contribution in [3.8, 4) is 0 Å². The summed E-state index contributed by atoms with van der Waals surface area (Å²) in [5, 5.41) is 2.95. The molecule has 92 valence electrons.